The van der Waals surface area contributed by atoms with Gasteiger partial charge in [-0.3, -0.25) is 0 Å². The summed E-state index contributed by atoms with van der Waals surface area (Å²) in [5, 5.41) is 0. The average Bonchev–Trinajstić information content (AvgIpc) is 2.28. The molecule has 0 N–H and O–H groups in total. The lowest BCUT2D eigenvalue weighted by atomic mass is 9.99. The van der Waals surface area contributed by atoms with Crippen LogP contribution in [0.15, 0.2) is 28.7 Å². The van der Waals surface area contributed by atoms with Gasteiger partial charge in [-0.05, 0) is 50.8 Å². The second-order valence-electron chi connectivity index (χ2n) is 5.63. The predicted octanol–water partition coefficient (Wildman–Crippen LogP) is 4.37. The van der Waals surface area contributed by atoms with Crippen molar-refractivity contribution in [1.82, 2.24) is 0 Å². The van der Waals surface area contributed by atoms with E-state index in [2.05, 4.69) is 15.9 Å². The first-order valence-corrected chi connectivity index (χ1v) is 9.19. The lowest BCUT2D eigenvalue weighted by molar-refractivity contribution is 0.554. The van der Waals surface area contributed by atoms with Gasteiger partial charge in [-0.15, -0.1) is 11.6 Å². The van der Waals surface area contributed by atoms with Crippen molar-refractivity contribution in [2.45, 2.75) is 37.9 Å². The third-order valence-corrected chi connectivity index (χ3v) is 6.68. The Kier molecular flexibility index (Phi) is 5.90. The number of hydrogen-bond acceptors (Lipinski definition) is 2. The van der Waals surface area contributed by atoms with E-state index >= 15 is 0 Å². The summed E-state index contributed by atoms with van der Waals surface area (Å²) < 4.78 is 24.5. The number of alkyl halides is 1. The second kappa shape index (κ2) is 6.59. The molecule has 0 spiro atoms. The summed E-state index contributed by atoms with van der Waals surface area (Å²) in [6, 6.07) is 7.87. The van der Waals surface area contributed by atoms with E-state index in [1.807, 2.05) is 24.3 Å². The van der Waals surface area contributed by atoms with Gasteiger partial charge < -0.3 is 0 Å². The number of sulfone groups is 1. The Hall–Kier alpha value is -0.0600. The summed E-state index contributed by atoms with van der Waals surface area (Å²) in [6.07, 6.45) is 0.555. The fraction of sp³-hybridized carbons (Fsp3) is 0.571. The molecule has 0 aromatic heterocycles. The van der Waals surface area contributed by atoms with Crippen molar-refractivity contribution in [1.29, 1.82) is 0 Å². The molecular formula is C14H20BrClO2S. The van der Waals surface area contributed by atoms with E-state index in [1.165, 1.54) is 0 Å². The summed E-state index contributed by atoms with van der Waals surface area (Å²) in [4.78, 5) is 0. The molecule has 19 heavy (non-hydrogen) atoms. The van der Waals surface area contributed by atoms with Crippen LogP contribution >= 0.6 is 27.5 Å². The highest BCUT2D eigenvalue weighted by Crippen LogP contribution is 2.26. The molecule has 0 fully saturated rings. The minimum Gasteiger partial charge on any atom is -0.228 e. The molecule has 0 saturated carbocycles. The van der Waals surface area contributed by atoms with Crippen molar-refractivity contribution in [3.05, 3.63) is 34.3 Å². The van der Waals surface area contributed by atoms with E-state index in [4.69, 9.17) is 11.6 Å². The van der Waals surface area contributed by atoms with E-state index < -0.39 is 14.6 Å². The standard InChI is InChI=1S/C14H20BrClO2S/c1-14(2,3)19(17,18)8-7-12(10-16)11-5-4-6-13(15)9-11/h4-6,9,12H,7-8,10H2,1-3H3. The molecule has 1 unspecified atom stereocenters. The third-order valence-electron chi connectivity index (χ3n) is 3.17. The maximum atomic E-state index is 12.1. The van der Waals surface area contributed by atoms with Crippen molar-refractivity contribution in [3.63, 3.8) is 0 Å². The zero-order chi connectivity index (χ0) is 14.7. The molecule has 1 aromatic rings. The van der Waals surface area contributed by atoms with Crippen molar-refractivity contribution in [2.24, 2.45) is 0 Å². The zero-order valence-electron chi connectivity index (χ0n) is 11.5. The van der Waals surface area contributed by atoms with Gasteiger partial charge in [0.15, 0.2) is 9.84 Å². The van der Waals surface area contributed by atoms with Gasteiger partial charge in [0.1, 0.15) is 0 Å². The number of halogens is 2. The van der Waals surface area contributed by atoms with Crippen LogP contribution in [-0.2, 0) is 9.84 Å². The molecule has 0 aliphatic carbocycles. The molecule has 0 amide bonds. The second-order valence-corrected chi connectivity index (χ2v) is 9.71. The maximum Gasteiger partial charge on any atom is 0.155 e. The molecule has 0 saturated heterocycles. The third kappa shape index (κ3) is 4.76. The predicted molar refractivity (Wildman–Crippen MR) is 85.8 cm³/mol. The smallest absolute Gasteiger partial charge is 0.155 e. The molecular weight excluding hydrogens is 348 g/mol. The van der Waals surface area contributed by atoms with Crippen LogP contribution in [0.25, 0.3) is 0 Å². The molecule has 108 valence electrons. The molecule has 2 nitrogen and oxygen atoms in total. The Balaban J connectivity index is 2.80. The molecule has 0 aliphatic heterocycles. The minimum absolute atomic E-state index is 0.0660. The summed E-state index contributed by atoms with van der Waals surface area (Å²) in [5.41, 5.74) is 1.08. The van der Waals surface area contributed by atoms with Gasteiger partial charge in [0.2, 0.25) is 0 Å². The van der Waals surface area contributed by atoms with E-state index in [1.54, 1.807) is 20.8 Å². The van der Waals surface area contributed by atoms with Gasteiger partial charge in [-0.1, -0.05) is 28.1 Å². The largest absolute Gasteiger partial charge is 0.228 e. The van der Waals surface area contributed by atoms with Gasteiger partial charge in [0.05, 0.1) is 10.5 Å². The van der Waals surface area contributed by atoms with Crippen LogP contribution in [0.3, 0.4) is 0 Å². The summed E-state index contributed by atoms with van der Waals surface area (Å²) in [5.74, 6) is 0.660. The lowest BCUT2D eigenvalue weighted by Gasteiger charge is -2.21. The number of rotatable bonds is 5. The van der Waals surface area contributed by atoms with Gasteiger partial charge in [0.25, 0.3) is 0 Å². The molecule has 0 aliphatic rings. The van der Waals surface area contributed by atoms with Gasteiger partial charge in [-0.2, -0.15) is 0 Å². The Morgan fingerprint density at radius 2 is 1.95 bits per heavy atom. The van der Waals surface area contributed by atoms with E-state index in [9.17, 15) is 8.42 Å². The van der Waals surface area contributed by atoms with Crippen LogP contribution in [0.1, 0.15) is 38.7 Å². The minimum atomic E-state index is -3.09. The number of benzene rings is 1. The van der Waals surface area contributed by atoms with E-state index in [0.717, 1.165) is 10.0 Å². The molecule has 5 heteroatoms. The molecule has 1 aromatic carbocycles. The van der Waals surface area contributed by atoms with Crippen molar-refractivity contribution in [2.75, 3.05) is 11.6 Å². The fourth-order valence-corrected chi connectivity index (χ4v) is 3.65. The van der Waals surface area contributed by atoms with Crippen LogP contribution in [0.5, 0.6) is 0 Å². The SMILES string of the molecule is CC(C)(C)S(=O)(=O)CCC(CCl)c1cccc(Br)c1. The van der Waals surface area contributed by atoms with Crippen molar-refractivity contribution >= 4 is 37.4 Å². The van der Waals surface area contributed by atoms with E-state index in [-0.39, 0.29) is 11.7 Å². The van der Waals surface area contributed by atoms with Crippen LogP contribution in [-0.4, -0.2) is 24.8 Å². The first kappa shape index (κ1) is 17.0. The van der Waals surface area contributed by atoms with Gasteiger partial charge in [-0.25, -0.2) is 8.42 Å². The van der Waals surface area contributed by atoms with E-state index in [0.29, 0.717) is 12.3 Å². The molecule has 0 radical (unpaired) electrons. The van der Waals surface area contributed by atoms with Crippen LogP contribution in [0, 0.1) is 0 Å². The monoisotopic (exact) mass is 366 g/mol. The number of hydrogen-bond donors (Lipinski definition) is 0. The summed E-state index contributed by atoms with van der Waals surface area (Å²) >= 11 is 9.41. The highest BCUT2D eigenvalue weighted by Gasteiger charge is 2.29. The first-order chi connectivity index (χ1) is 8.67. The maximum absolute atomic E-state index is 12.1. The summed E-state index contributed by atoms with van der Waals surface area (Å²) in [7, 11) is -3.09. The van der Waals surface area contributed by atoms with Crippen LogP contribution in [0.2, 0.25) is 0 Å². The summed E-state index contributed by atoms with van der Waals surface area (Å²) in [6.45, 7) is 5.20. The lowest BCUT2D eigenvalue weighted by Crippen LogP contribution is -2.31. The molecule has 0 bridgehead atoms. The molecule has 1 atom stereocenters. The Morgan fingerprint density at radius 1 is 1.32 bits per heavy atom. The first-order valence-electron chi connectivity index (χ1n) is 6.21. The van der Waals surface area contributed by atoms with Crippen molar-refractivity contribution < 1.29 is 8.42 Å². The van der Waals surface area contributed by atoms with Gasteiger partial charge in [0, 0.05) is 10.4 Å². The zero-order valence-corrected chi connectivity index (χ0v) is 14.6. The Morgan fingerprint density at radius 3 is 2.42 bits per heavy atom. The fourth-order valence-electron chi connectivity index (χ4n) is 1.70. The molecule has 0 heterocycles. The average molecular weight is 368 g/mol. The molecule has 1 rings (SSSR count). The topological polar surface area (TPSA) is 34.1 Å². The Bertz CT molecular complexity index is 520. The Labute approximate surface area is 129 Å². The van der Waals surface area contributed by atoms with Crippen molar-refractivity contribution in [3.8, 4) is 0 Å². The quantitative estimate of drug-likeness (QED) is 0.724. The normalized spacial score (nSPS) is 14.4. The van der Waals surface area contributed by atoms with Crippen LogP contribution in [0.4, 0.5) is 0 Å². The highest BCUT2D eigenvalue weighted by molar-refractivity contribution is 9.10. The van der Waals surface area contributed by atoms with Gasteiger partial charge >= 0.3 is 0 Å². The van der Waals surface area contributed by atoms with Crippen LogP contribution < -0.4 is 0 Å². The highest BCUT2D eigenvalue weighted by atomic mass is 79.9.